The second-order valence-electron chi connectivity index (χ2n) is 6.29. The fourth-order valence-electron chi connectivity index (χ4n) is 2.99. The molecule has 2 rings (SSSR count). The van der Waals surface area contributed by atoms with Gasteiger partial charge in [0, 0.05) is 25.8 Å². The zero-order valence-electron chi connectivity index (χ0n) is 12.0. The molecule has 2 fully saturated rings. The number of nitrogens with one attached hydrogen (secondary N) is 1. The van der Waals surface area contributed by atoms with Gasteiger partial charge in [-0.25, -0.2) is 0 Å². The van der Waals surface area contributed by atoms with Gasteiger partial charge in [0.15, 0.2) is 0 Å². The molecule has 1 heterocycles. The van der Waals surface area contributed by atoms with Crippen LogP contribution in [-0.2, 0) is 9.47 Å². The molecular weight excluding hydrogens is 226 g/mol. The van der Waals surface area contributed by atoms with Gasteiger partial charge in [-0.3, -0.25) is 0 Å². The molecule has 0 bridgehead atoms. The highest BCUT2D eigenvalue weighted by molar-refractivity contribution is 4.89. The van der Waals surface area contributed by atoms with Gasteiger partial charge in [0.1, 0.15) is 0 Å². The zero-order chi connectivity index (χ0) is 12.8. The Kier molecular flexibility index (Phi) is 5.46. The first-order valence-electron chi connectivity index (χ1n) is 7.65. The highest BCUT2D eigenvalue weighted by Gasteiger charge is 2.35. The first-order valence-corrected chi connectivity index (χ1v) is 7.65. The molecule has 18 heavy (non-hydrogen) atoms. The molecular formula is C15H29NO2. The predicted molar refractivity (Wildman–Crippen MR) is 73.8 cm³/mol. The van der Waals surface area contributed by atoms with E-state index in [4.69, 9.17) is 9.47 Å². The molecule has 2 aliphatic rings. The maximum Gasteiger partial charge on any atom is 0.0806 e. The van der Waals surface area contributed by atoms with E-state index in [1.165, 1.54) is 38.5 Å². The van der Waals surface area contributed by atoms with Crippen molar-refractivity contribution in [2.45, 2.75) is 64.0 Å². The molecule has 1 saturated carbocycles. The number of hydrogen-bond donors (Lipinski definition) is 1. The summed E-state index contributed by atoms with van der Waals surface area (Å²) < 4.78 is 11.8. The molecule has 1 saturated heterocycles. The van der Waals surface area contributed by atoms with Crippen LogP contribution in [0.25, 0.3) is 0 Å². The molecule has 0 aromatic carbocycles. The average Bonchev–Trinajstić information content (AvgIpc) is 2.85. The SMILES string of the molecule is CC(C)NCC1(OCC2CCOCC2)CCCC1. The first kappa shape index (κ1) is 14.3. The summed E-state index contributed by atoms with van der Waals surface area (Å²) in [6, 6.07) is 0.550. The van der Waals surface area contributed by atoms with E-state index in [0.717, 1.165) is 32.3 Å². The summed E-state index contributed by atoms with van der Waals surface area (Å²) in [5, 5.41) is 3.57. The predicted octanol–water partition coefficient (Wildman–Crippen LogP) is 2.74. The summed E-state index contributed by atoms with van der Waals surface area (Å²) in [4.78, 5) is 0. The van der Waals surface area contributed by atoms with Crippen LogP contribution in [0, 0.1) is 5.92 Å². The van der Waals surface area contributed by atoms with Crippen LogP contribution in [0.3, 0.4) is 0 Å². The molecule has 0 atom stereocenters. The van der Waals surface area contributed by atoms with E-state index < -0.39 is 0 Å². The van der Waals surface area contributed by atoms with Gasteiger partial charge in [0.05, 0.1) is 12.2 Å². The van der Waals surface area contributed by atoms with E-state index in [-0.39, 0.29) is 5.60 Å². The fourth-order valence-corrected chi connectivity index (χ4v) is 2.99. The van der Waals surface area contributed by atoms with Crippen LogP contribution in [0.15, 0.2) is 0 Å². The van der Waals surface area contributed by atoms with Gasteiger partial charge in [-0.05, 0) is 31.6 Å². The van der Waals surface area contributed by atoms with Gasteiger partial charge in [0.2, 0.25) is 0 Å². The first-order chi connectivity index (χ1) is 8.70. The fraction of sp³-hybridized carbons (Fsp3) is 1.00. The van der Waals surface area contributed by atoms with Crippen LogP contribution in [0.5, 0.6) is 0 Å². The Hall–Kier alpha value is -0.120. The number of rotatable bonds is 6. The van der Waals surface area contributed by atoms with Gasteiger partial charge in [-0.1, -0.05) is 26.7 Å². The Morgan fingerprint density at radius 1 is 1.22 bits per heavy atom. The molecule has 1 N–H and O–H groups in total. The van der Waals surface area contributed by atoms with E-state index in [1.54, 1.807) is 0 Å². The van der Waals surface area contributed by atoms with Crippen LogP contribution in [0.4, 0.5) is 0 Å². The molecule has 1 aliphatic carbocycles. The monoisotopic (exact) mass is 255 g/mol. The van der Waals surface area contributed by atoms with Crippen molar-refractivity contribution < 1.29 is 9.47 Å². The summed E-state index contributed by atoms with van der Waals surface area (Å²) in [5.74, 6) is 0.718. The molecule has 1 aliphatic heterocycles. The lowest BCUT2D eigenvalue weighted by atomic mass is 9.98. The number of hydrogen-bond acceptors (Lipinski definition) is 3. The van der Waals surface area contributed by atoms with Crippen molar-refractivity contribution in [2.75, 3.05) is 26.4 Å². The Bertz CT molecular complexity index is 231. The van der Waals surface area contributed by atoms with Crippen LogP contribution in [-0.4, -0.2) is 38.0 Å². The lowest BCUT2D eigenvalue weighted by Crippen LogP contribution is -2.44. The zero-order valence-corrected chi connectivity index (χ0v) is 12.0. The molecule has 0 aromatic heterocycles. The lowest BCUT2D eigenvalue weighted by molar-refractivity contribution is -0.0714. The maximum absolute atomic E-state index is 6.36. The van der Waals surface area contributed by atoms with Crippen molar-refractivity contribution in [3.63, 3.8) is 0 Å². The van der Waals surface area contributed by atoms with E-state index in [1.807, 2.05) is 0 Å². The van der Waals surface area contributed by atoms with Crippen molar-refractivity contribution >= 4 is 0 Å². The van der Waals surface area contributed by atoms with Crippen LogP contribution in [0.2, 0.25) is 0 Å². The highest BCUT2D eigenvalue weighted by Crippen LogP contribution is 2.34. The lowest BCUT2D eigenvalue weighted by Gasteiger charge is -2.33. The van der Waals surface area contributed by atoms with Crippen LogP contribution < -0.4 is 5.32 Å². The molecule has 0 unspecified atom stereocenters. The largest absolute Gasteiger partial charge is 0.381 e. The molecule has 3 heteroatoms. The smallest absolute Gasteiger partial charge is 0.0806 e. The molecule has 0 amide bonds. The van der Waals surface area contributed by atoms with E-state index >= 15 is 0 Å². The quantitative estimate of drug-likeness (QED) is 0.791. The topological polar surface area (TPSA) is 30.5 Å². The third-order valence-electron chi connectivity index (χ3n) is 4.31. The second-order valence-corrected chi connectivity index (χ2v) is 6.29. The second kappa shape index (κ2) is 6.88. The van der Waals surface area contributed by atoms with Crippen molar-refractivity contribution in [2.24, 2.45) is 5.92 Å². The Labute approximate surface area is 112 Å². The van der Waals surface area contributed by atoms with Crippen molar-refractivity contribution in [3.8, 4) is 0 Å². The Morgan fingerprint density at radius 3 is 2.50 bits per heavy atom. The summed E-state index contributed by atoms with van der Waals surface area (Å²) in [5.41, 5.74) is 0.128. The molecule has 3 nitrogen and oxygen atoms in total. The molecule has 0 radical (unpaired) electrons. The maximum atomic E-state index is 6.36. The van der Waals surface area contributed by atoms with Gasteiger partial charge >= 0.3 is 0 Å². The highest BCUT2D eigenvalue weighted by atomic mass is 16.5. The van der Waals surface area contributed by atoms with Gasteiger partial charge in [-0.15, -0.1) is 0 Å². The van der Waals surface area contributed by atoms with Crippen molar-refractivity contribution in [1.29, 1.82) is 0 Å². The molecule has 0 aromatic rings. The van der Waals surface area contributed by atoms with Crippen molar-refractivity contribution in [1.82, 2.24) is 5.32 Å². The standard InChI is InChI=1S/C15H29NO2/c1-13(2)16-12-15(7-3-4-8-15)18-11-14-5-9-17-10-6-14/h13-14,16H,3-12H2,1-2H3. The third kappa shape index (κ3) is 4.22. The summed E-state index contributed by atoms with van der Waals surface area (Å²) in [6.45, 7) is 8.22. The van der Waals surface area contributed by atoms with Crippen LogP contribution in [0.1, 0.15) is 52.4 Å². The normalized spacial score (nSPS) is 24.8. The third-order valence-corrected chi connectivity index (χ3v) is 4.31. The molecule has 0 spiro atoms. The van der Waals surface area contributed by atoms with Gasteiger partial charge in [0.25, 0.3) is 0 Å². The van der Waals surface area contributed by atoms with Gasteiger partial charge in [-0.2, -0.15) is 0 Å². The molecule has 106 valence electrons. The van der Waals surface area contributed by atoms with Crippen LogP contribution >= 0.6 is 0 Å². The minimum absolute atomic E-state index is 0.128. The average molecular weight is 255 g/mol. The summed E-state index contributed by atoms with van der Waals surface area (Å²) in [6.07, 6.45) is 7.47. The van der Waals surface area contributed by atoms with E-state index in [2.05, 4.69) is 19.2 Å². The van der Waals surface area contributed by atoms with E-state index in [0.29, 0.717) is 6.04 Å². The Morgan fingerprint density at radius 2 is 1.89 bits per heavy atom. The van der Waals surface area contributed by atoms with E-state index in [9.17, 15) is 0 Å². The minimum Gasteiger partial charge on any atom is -0.381 e. The summed E-state index contributed by atoms with van der Waals surface area (Å²) in [7, 11) is 0. The minimum atomic E-state index is 0.128. The Balaban J connectivity index is 1.77. The van der Waals surface area contributed by atoms with Gasteiger partial charge < -0.3 is 14.8 Å². The van der Waals surface area contributed by atoms with Crippen molar-refractivity contribution in [3.05, 3.63) is 0 Å². The summed E-state index contributed by atoms with van der Waals surface area (Å²) >= 11 is 0. The number of ether oxygens (including phenoxy) is 2.